The van der Waals surface area contributed by atoms with Crippen LogP contribution in [0.5, 0.6) is 5.75 Å². The molecular weight excluding hydrogens is 350 g/mol. The van der Waals surface area contributed by atoms with E-state index in [-0.39, 0.29) is 43.5 Å². The highest BCUT2D eigenvalue weighted by atomic mass is 16.5. The molecule has 1 heterocycles. The molecule has 1 aromatic rings. The van der Waals surface area contributed by atoms with Gasteiger partial charge in [-0.15, -0.1) is 0 Å². The molecule has 5 N–H and O–H groups in total. The lowest BCUT2D eigenvalue weighted by atomic mass is 10.1. The molecule has 1 aliphatic heterocycles. The van der Waals surface area contributed by atoms with Crippen LogP contribution in [-0.2, 0) is 4.79 Å². The predicted molar refractivity (Wildman–Crippen MR) is 99.8 cm³/mol. The highest BCUT2D eigenvalue weighted by Crippen LogP contribution is 2.30. The number of hydrogen-bond acceptors (Lipinski definition) is 6. The van der Waals surface area contributed by atoms with E-state index in [1.165, 1.54) is 0 Å². The standard InChI is InChI=1S/C19H27N3O5/c23-9-15(10-24)21-18(25)8-14-11-27-17-6-5-12(7-16(17)20-14)19(26)22-13-3-1-2-4-13/h5-7,13-15,20,23-24H,1-4,8-11H2,(H,21,25)(H,22,26). The van der Waals surface area contributed by atoms with Crippen LogP contribution in [0.1, 0.15) is 42.5 Å². The Labute approximate surface area is 158 Å². The second-order valence-electron chi connectivity index (χ2n) is 7.15. The summed E-state index contributed by atoms with van der Waals surface area (Å²) in [4.78, 5) is 24.5. The van der Waals surface area contributed by atoms with Crippen molar-refractivity contribution in [1.29, 1.82) is 0 Å². The molecule has 27 heavy (non-hydrogen) atoms. The molecule has 0 saturated heterocycles. The van der Waals surface area contributed by atoms with Crippen LogP contribution in [-0.4, -0.2) is 60.0 Å². The van der Waals surface area contributed by atoms with Gasteiger partial charge in [0, 0.05) is 11.6 Å². The fraction of sp³-hybridized carbons (Fsp3) is 0.579. The maximum Gasteiger partial charge on any atom is 0.251 e. The number of carbonyl (C=O) groups excluding carboxylic acids is 2. The Balaban J connectivity index is 1.59. The number of aliphatic hydroxyl groups is 2. The Hall–Kier alpha value is -2.32. The van der Waals surface area contributed by atoms with Crippen LogP contribution in [0.3, 0.4) is 0 Å². The van der Waals surface area contributed by atoms with E-state index >= 15 is 0 Å². The van der Waals surface area contributed by atoms with Crippen molar-refractivity contribution < 1.29 is 24.5 Å². The minimum atomic E-state index is -0.666. The number of aliphatic hydroxyl groups excluding tert-OH is 2. The normalized spacial score (nSPS) is 19.1. The largest absolute Gasteiger partial charge is 0.489 e. The number of amides is 2. The van der Waals surface area contributed by atoms with E-state index < -0.39 is 6.04 Å². The van der Waals surface area contributed by atoms with Gasteiger partial charge >= 0.3 is 0 Å². The van der Waals surface area contributed by atoms with Crippen molar-refractivity contribution in [2.24, 2.45) is 0 Å². The molecule has 1 aliphatic carbocycles. The van der Waals surface area contributed by atoms with Crippen LogP contribution in [0.2, 0.25) is 0 Å². The third kappa shape index (κ3) is 5.11. The fourth-order valence-corrected chi connectivity index (χ4v) is 3.47. The van der Waals surface area contributed by atoms with Gasteiger partial charge in [-0.25, -0.2) is 0 Å². The van der Waals surface area contributed by atoms with E-state index in [1.807, 2.05) is 0 Å². The molecule has 0 spiro atoms. The average molecular weight is 377 g/mol. The summed E-state index contributed by atoms with van der Waals surface area (Å²) in [6.07, 6.45) is 4.49. The number of ether oxygens (including phenoxy) is 1. The van der Waals surface area contributed by atoms with Gasteiger partial charge in [-0.3, -0.25) is 9.59 Å². The van der Waals surface area contributed by atoms with Crippen LogP contribution < -0.4 is 20.7 Å². The van der Waals surface area contributed by atoms with E-state index in [0.29, 0.717) is 23.6 Å². The van der Waals surface area contributed by atoms with Crippen molar-refractivity contribution >= 4 is 17.5 Å². The topological polar surface area (TPSA) is 120 Å². The Bertz CT molecular complexity index is 671. The van der Waals surface area contributed by atoms with E-state index in [9.17, 15) is 9.59 Å². The Morgan fingerprint density at radius 1 is 1.22 bits per heavy atom. The summed E-state index contributed by atoms with van der Waals surface area (Å²) in [5, 5.41) is 26.9. The van der Waals surface area contributed by atoms with Crippen LogP contribution in [0.15, 0.2) is 18.2 Å². The molecule has 3 rings (SSSR count). The SMILES string of the molecule is O=C(CC1COc2ccc(C(=O)NC3CCCC3)cc2N1)NC(CO)CO. The number of fused-ring (bicyclic) bond motifs is 1. The summed E-state index contributed by atoms with van der Waals surface area (Å²) in [6, 6.07) is 4.57. The lowest BCUT2D eigenvalue weighted by molar-refractivity contribution is -0.122. The first-order chi connectivity index (χ1) is 13.1. The first kappa shape index (κ1) is 19.4. The van der Waals surface area contributed by atoms with Crippen molar-refractivity contribution in [1.82, 2.24) is 10.6 Å². The number of nitrogens with one attached hydrogen (secondary N) is 3. The lowest BCUT2D eigenvalue weighted by Crippen LogP contribution is -2.43. The van der Waals surface area contributed by atoms with E-state index in [4.69, 9.17) is 14.9 Å². The Kier molecular flexibility index (Phi) is 6.52. The first-order valence-corrected chi connectivity index (χ1v) is 9.44. The Morgan fingerprint density at radius 2 is 1.96 bits per heavy atom. The molecule has 0 radical (unpaired) electrons. The zero-order chi connectivity index (χ0) is 19.2. The average Bonchev–Trinajstić information content (AvgIpc) is 3.18. The van der Waals surface area contributed by atoms with Crippen LogP contribution in [0, 0.1) is 0 Å². The number of benzene rings is 1. The molecule has 2 amide bonds. The van der Waals surface area contributed by atoms with Crippen molar-refractivity contribution in [3.63, 3.8) is 0 Å². The molecular formula is C19H27N3O5. The third-order valence-corrected chi connectivity index (χ3v) is 4.97. The minimum Gasteiger partial charge on any atom is -0.489 e. The van der Waals surface area contributed by atoms with Gasteiger partial charge in [-0.1, -0.05) is 12.8 Å². The predicted octanol–water partition coefficient (Wildman–Crippen LogP) is 0.391. The number of anilines is 1. The fourth-order valence-electron chi connectivity index (χ4n) is 3.47. The van der Waals surface area contributed by atoms with Gasteiger partial charge in [-0.05, 0) is 31.0 Å². The van der Waals surface area contributed by atoms with Crippen LogP contribution in [0.4, 0.5) is 5.69 Å². The molecule has 8 heteroatoms. The summed E-state index contributed by atoms with van der Waals surface area (Å²) in [5.41, 5.74) is 1.24. The molecule has 8 nitrogen and oxygen atoms in total. The van der Waals surface area contributed by atoms with Crippen molar-refractivity contribution in [2.75, 3.05) is 25.1 Å². The lowest BCUT2D eigenvalue weighted by Gasteiger charge is -2.28. The molecule has 148 valence electrons. The third-order valence-electron chi connectivity index (χ3n) is 4.97. The summed E-state index contributed by atoms with van der Waals surface area (Å²) < 4.78 is 5.69. The summed E-state index contributed by atoms with van der Waals surface area (Å²) >= 11 is 0. The zero-order valence-corrected chi connectivity index (χ0v) is 15.2. The molecule has 2 aliphatic rings. The van der Waals surface area contributed by atoms with E-state index in [1.54, 1.807) is 18.2 Å². The van der Waals surface area contributed by atoms with Gasteiger partial charge in [-0.2, -0.15) is 0 Å². The summed E-state index contributed by atoms with van der Waals surface area (Å²) in [5.74, 6) is 0.260. The molecule has 0 bridgehead atoms. The quantitative estimate of drug-likeness (QED) is 0.469. The molecule has 1 fully saturated rings. The van der Waals surface area contributed by atoms with Crippen molar-refractivity contribution in [3.05, 3.63) is 23.8 Å². The maximum atomic E-state index is 12.4. The highest BCUT2D eigenvalue weighted by molar-refractivity contribution is 5.96. The maximum absolute atomic E-state index is 12.4. The van der Waals surface area contributed by atoms with Gasteiger partial charge in [0.05, 0.1) is 37.4 Å². The second-order valence-corrected chi connectivity index (χ2v) is 7.15. The first-order valence-electron chi connectivity index (χ1n) is 9.44. The monoisotopic (exact) mass is 377 g/mol. The van der Waals surface area contributed by atoms with Gasteiger partial charge in [0.2, 0.25) is 5.91 Å². The van der Waals surface area contributed by atoms with Crippen LogP contribution >= 0.6 is 0 Å². The highest BCUT2D eigenvalue weighted by Gasteiger charge is 2.24. The smallest absolute Gasteiger partial charge is 0.251 e. The number of hydrogen-bond donors (Lipinski definition) is 5. The van der Waals surface area contributed by atoms with Gasteiger partial charge in [0.1, 0.15) is 12.4 Å². The molecule has 1 saturated carbocycles. The molecule has 0 aromatic heterocycles. The second kappa shape index (κ2) is 9.05. The molecule has 1 atom stereocenters. The zero-order valence-electron chi connectivity index (χ0n) is 15.2. The molecule has 1 unspecified atom stereocenters. The van der Waals surface area contributed by atoms with Crippen molar-refractivity contribution in [3.8, 4) is 5.75 Å². The number of rotatable bonds is 7. The van der Waals surface area contributed by atoms with E-state index in [0.717, 1.165) is 25.7 Å². The Morgan fingerprint density at radius 3 is 2.67 bits per heavy atom. The van der Waals surface area contributed by atoms with Gasteiger partial charge < -0.3 is 30.9 Å². The summed E-state index contributed by atoms with van der Waals surface area (Å²) in [6.45, 7) is -0.324. The molecule has 1 aromatic carbocycles. The summed E-state index contributed by atoms with van der Waals surface area (Å²) in [7, 11) is 0. The van der Waals surface area contributed by atoms with Crippen molar-refractivity contribution in [2.45, 2.75) is 50.2 Å². The minimum absolute atomic E-state index is 0.0971. The van der Waals surface area contributed by atoms with Gasteiger partial charge in [0.15, 0.2) is 0 Å². The van der Waals surface area contributed by atoms with Crippen LogP contribution in [0.25, 0.3) is 0 Å². The number of carbonyl (C=O) groups is 2. The van der Waals surface area contributed by atoms with Gasteiger partial charge in [0.25, 0.3) is 5.91 Å². The van der Waals surface area contributed by atoms with E-state index in [2.05, 4.69) is 16.0 Å².